The summed E-state index contributed by atoms with van der Waals surface area (Å²) in [5.41, 5.74) is 1.99. The smallest absolute Gasteiger partial charge is 0.256 e. The van der Waals surface area contributed by atoms with Crippen LogP contribution in [-0.2, 0) is 6.54 Å². The number of halogens is 1. The number of pyridine rings is 1. The molecule has 0 fully saturated rings. The predicted molar refractivity (Wildman–Crippen MR) is 83.9 cm³/mol. The van der Waals surface area contributed by atoms with Crippen molar-refractivity contribution in [2.24, 2.45) is 0 Å². The molecule has 110 valence electrons. The van der Waals surface area contributed by atoms with Crippen molar-refractivity contribution in [3.63, 3.8) is 0 Å². The van der Waals surface area contributed by atoms with Gasteiger partial charge in [0.2, 0.25) is 0 Å². The number of carbonyl (C=O) groups is 1. The highest BCUT2D eigenvalue weighted by Gasteiger charge is 2.15. The van der Waals surface area contributed by atoms with Gasteiger partial charge in [0.25, 0.3) is 5.91 Å². The number of para-hydroxylation sites is 1. The first-order chi connectivity index (χ1) is 10.6. The fourth-order valence-corrected chi connectivity index (χ4v) is 2.46. The normalized spacial score (nSPS) is 10.6. The van der Waals surface area contributed by atoms with Crippen LogP contribution < -0.4 is 0 Å². The highest BCUT2D eigenvalue weighted by molar-refractivity contribution is 6.05. The van der Waals surface area contributed by atoms with E-state index in [9.17, 15) is 9.18 Å². The SMILES string of the molecule is CN(Cc1cccc(F)c1)C(=O)c1cccc2cccnc12. The lowest BCUT2D eigenvalue weighted by molar-refractivity contribution is 0.0786. The molecule has 0 unspecified atom stereocenters. The number of amides is 1. The molecule has 0 radical (unpaired) electrons. The molecule has 0 N–H and O–H groups in total. The van der Waals surface area contributed by atoms with Gasteiger partial charge >= 0.3 is 0 Å². The van der Waals surface area contributed by atoms with Gasteiger partial charge < -0.3 is 4.90 Å². The molecule has 3 rings (SSSR count). The van der Waals surface area contributed by atoms with E-state index in [1.807, 2.05) is 24.3 Å². The lowest BCUT2D eigenvalue weighted by Gasteiger charge is -2.18. The van der Waals surface area contributed by atoms with E-state index in [-0.39, 0.29) is 11.7 Å². The van der Waals surface area contributed by atoms with Crippen molar-refractivity contribution in [1.82, 2.24) is 9.88 Å². The maximum Gasteiger partial charge on any atom is 0.256 e. The number of carbonyl (C=O) groups excluding carboxylic acids is 1. The molecule has 4 heteroatoms. The Morgan fingerprint density at radius 1 is 1.14 bits per heavy atom. The minimum absolute atomic E-state index is 0.131. The van der Waals surface area contributed by atoms with Crippen molar-refractivity contribution in [2.45, 2.75) is 6.54 Å². The Morgan fingerprint density at radius 2 is 1.91 bits per heavy atom. The highest BCUT2D eigenvalue weighted by Crippen LogP contribution is 2.18. The summed E-state index contributed by atoms with van der Waals surface area (Å²) in [5.74, 6) is -0.432. The average Bonchev–Trinajstić information content (AvgIpc) is 2.53. The van der Waals surface area contributed by atoms with Gasteiger partial charge in [-0.3, -0.25) is 9.78 Å². The van der Waals surface area contributed by atoms with Gasteiger partial charge in [-0.25, -0.2) is 4.39 Å². The summed E-state index contributed by atoms with van der Waals surface area (Å²) in [4.78, 5) is 18.5. The van der Waals surface area contributed by atoms with Crippen molar-refractivity contribution in [3.05, 3.63) is 77.7 Å². The second-order valence-corrected chi connectivity index (χ2v) is 5.17. The van der Waals surface area contributed by atoms with Gasteiger partial charge in [-0.05, 0) is 29.8 Å². The fourth-order valence-electron chi connectivity index (χ4n) is 2.46. The Hall–Kier alpha value is -2.75. The zero-order valence-corrected chi connectivity index (χ0v) is 12.2. The third-order valence-corrected chi connectivity index (χ3v) is 3.52. The van der Waals surface area contributed by atoms with E-state index >= 15 is 0 Å². The van der Waals surface area contributed by atoms with Crippen LogP contribution in [0.5, 0.6) is 0 Å². The molecule has 0 spiro atoms. The van der Waals surface area contributed by atoms with Gasteiger partial charge in [-0.1, -0.05) is 30.3 Å². The van der Waals surface area contributed by atoms with Crippen LogP contribution in [0, 0.1) is 5.82 Å². The topological polar surface area (TPSA) is 33.2 Å². The second-order valence-electron chi connectivity index (χ2n) is 5.17. The first-order valence-corrected chi connectivity index (χ1v) is 6.99. The molecular formula is C18H15FN2O. The number of hydrogen-bond donors (Lipinski definition) is 0. The van der Waals surface area contributed by atoms with Crippen LogP contribution in [0.2, 0.25) is 0 Å². The van der Waals surface area contributed by atoms with E-state index in [0.717, 1.165) is 10.9 Å². The number of rotatable bonds is 3. The van der Waals surface area contributed by atoms with E-state index in [2.05, 4.69) is 4.98 Å². The molecular weight excluding hydrogens is 279 g/mol. The molecule has 0 bridgehead atoms. The van der Waals surface area contributed by atoms with Crippen LogP contribution in [-0.4, -0.2) is 22.8 Å². The van der Waals surface area contributed by atoms with E-state index in [0.29, 0.717) is 17.6 Å². The molecule has 0 atom stereocenters. The van der Waals surface area contributed by atoms with Crippen molar-refractivity contribution in [3.8, 4) is 0 Å². The Labute approximate surface area is 128 Å². The number of hydrogen-bond acceptors (Lipinski definition) is 2. The molecule has 1 amide bonds. The van der Waals surface area contributed by atoms with Crippen LogP contribution in [0.4, 0.5) is 4.39 Å². The Morgan fingerprint density at radius 3 is 2.73 bits per heavy atom. The van der Waals surface area contributed by atoms with Gasteiger partial charge in [0.1, 0.15) is 5.82 Å². The van der Waals surface area contributed by atoms with Crippen LogP contribution in [0.3, 0.4) is 0 Å². The third-order valence-electron chi connectivity index (χ3n) is 3.52. The number of nitrogens with zero attached hydrogens (tertiary/aromatic N) is 2. The molecule has 0 saturated carbocycles. The van der Waals surface area contributed by atoms with Gasteiger partial charge in [-0.15, -0.1) is 0 Å². The number of benzene rings is 2. The van der Waals surface area contributed by atoms with E-state index in [1.165, 1.54) is 12.1 Å². The minimum atomic E-state index is -0.301. The molecule has 2 aromatic carbocycles. The van der Waals surface area contributed by atoms with Gasteiger partial charge in [0.05, 0.1) is 11.1 Å². The van der Waals surface area contributed by atoms with Crippen molar-refractivity contribution in [1.29, 1.82) is 0 Å². The van der Waals surface area contributed by atoms with Crippen LogP contribution >= 0.6 is 0 Å². The van der Waals surface area contributed by atoms with Crippen molar-refractivity contribution < 1.29 is 9.18 Å². The van der Waals surface area contributed by atoms with Crippen molar-refractivity contribution >= 4 is 16.8 Å². The minimum Gasteiger partial charge on any atom is -0.337 e. The summed E-state index contributed by atoms with van der Waals surface area (Å²) in [6, 6.07) is 15.6. The fraction of sp³-hybridized carbons (Fsp3) is 0.111. The summed E-state index contributed by atoms with van der Waals surface area (Å²) < 4.78 is 13.2. The summed E-state index contributed by atoms with van der Waals surface area (Å²) in [5, 5.41) is 0.924. The van der Waals surface area contributed by atoms with E-state index in [4.69, 9.17) is 0 Å². The van der Waals surface area contributed by atoms with Gasteiger partial charge in [0.15, 0.2) is 0 Å². The lowest BCUT2D eigenvalue weighted by Crippen LogP contribution is -2.26. The van der Waals surface area contributed by atoms with Crippen LogP contribution in [0.15, 0.2) is 60.8 Å². The maximum atomic E-state index is 13.2. The first-order valence-electron chi connectivity index (χ1n) is 6.99. The monoisotopic (exact) mass is 294 g/mol. The van der Waals surface area contributed by atoms with E-state index in [1.54, 1.807) is 36.3 Å². The number of fused-ring (bicyclic) bond motifs is 1. The standard InChI is InChI=1S/C18H15FN2O/c1-21(12-13-5-2-8-15(19)11-13)18(22)16-9-3-6-14-7-4-10-20-17(14)16/h2-11H,12H2,1H3. The molecule has 22 heavy (non-hydrogen) atoms. The Kier molecular flexibility index (Phi) is 3.83. The summed E-state index contributed by atoms with van der Waals surface area (Å²) in [7, 11) is 1.70. The maximum absolute atomic E-state index is 13.2. The Bertz CT molecular complexity index is 827. The second kappa shape index (κ2) is 5.93. The lowest BCUT2D eigenvalue weighted by atomic mass is 10.1. The predicted octanol–water partition coefficient (Wildman–Crippen LogP) is 3.65. The molecule has 1 heterocycles. The molecule has 3 nitrogen and oxygen atoms in total. The van der Waals surface area contributed by atoms with Gasteiger partial charge in [0, 0.05) is 25.2 Å². The molecule has 1 aromatic heterocycles. The van der Waals surface area contributed by atoms with Crippen molar-refractivity contribution in [2.75, 3.05) is 7.05 Å². The number of aromatic nitrogens is 1. The van der Waals surface area contributed by atoms with Gasteiger partial charge in [-0.2, -0.15) is 0 Å². The molecule has 0 aliphatic rings. The Balaban J connectivity index is 1.89. The summed E-state index contributed by atoms with van der Waals surface area (Å²) in [6.07, 6.45) is 1.67. The van der Waals surface area contributed by atoms with Crippen LogP contribution in [0.1, 0.15) is 15.9 Å². The zero-order valence-electron chi connectivity index (χ0n) is 12.2. The first kappa shape index (κ1) is 14.2. The quantitative estimate of drug-likeness (QED) is 0.739. The zero-order chi connectivity index (χ0) is 15.5. The highest BCUT2D eigenvalue weighted by atomic mass is 19.1. The van der Waals surface area contributed by atoms with E-state index < -0.39 is 0 Å². The summed E-state index contributed by atoms with van der Waals surface area (Å²) in [6.45, 7) is 0.347. The summed E-state index contributed by atoms with van der Waals surface area (Å²) >= 11 is 0. The largest absolute Gasteiger partial charge is 0.337 e. The molecule has 0 aliphatic carbocycles. The van der Waals surface area contributed by atoms with Crippen LogP contribution in [0.25, 0.3) is 10.9 Å². The molecule has 0 saturated heterocycles. The molecule has 0 aliphatic heterocycles. The molecule has 3 aromatic rings. The average molecular weight is 294 g/mol. The third kappa shape index (κ3) is 2.81.